The molecule has 0 aromatic carbocycles. The van der Waals surface area contributed by atoms with Crippen LogP contribution in [0.2, 0.25) is 0 Å². The first kappa shape index (κ1) is 41.3. The maximum atomic E-state index is 13.5. The fraction of sp³-hybridized carbons (Fsp3) is 0.853. The van der Waals surface area contributed by atoms with Crippen molar-refractivity contribution >= 4 is 29.7 Å². The summed E-state index contributed by atoms with van der Waals surface area (Å²) in [6, 6.07) is -4.00. The predicted octanol–water partition coefficient (Wildman–Crippen LogP) is 3.30. The second-order valence-corrected chi connectivity index (χ2v) is 13.3. The van der Waals surface area contributed by atoms with E-state index in [9.17, 15) is 34.2 Å². The van der Waals surface area contributed by atoms with E-state index >= 15 is 0 Å². The van der Waals surface area contributed by atoms with E-state index in [-0.39, 0.29) is 0 Å². The van der Waals surface area contributed by atoms with Crippen molar-refractivity contribution in [2.45, 2.75) is 162 Å². The highest BCUT2D eigenvalue weighted by Crippen LogP contribution is 2.25. The second-order valence-electron chi connectivity index (χ2n) is 13.3. The van der Waals surface area contributed by atoms with Crippen LogP contribution in [0.4, 0.5) is 0 Å². The van der Waals surface area contributed by atoms with Gasteiger partial charge in [-0.3, -0.25) is 19.2 Å². The van der Waals surface area contributed by atoms with E-state index in [1.54, 1.807) is 20.8 Å². The summed E-state index contributed by atoms with van der Waals surface area (Å²) in [4.78, 5) is 64.8. The minimum absolute atomic E-state index is 0.394. The number of rotatable bonds is 16. The lowest BCUT2D eigenvalue weighted by Crippen LogP contribution is -2.60. The van der Waals surface area contributed by atoms with Gasteiger partial charge in [0.25, 0.3) is 0 Å². The summed E-state index contributed by atoms with van der Waals surface area (Å²) in [6.07, 6.45) is 9.49. The van der Waals surface area contributed by atoms with Crippen molar-refractivity contribution < 1.29 is 43.7 Å². The van der Waals surface area contributed by atoms with Gasteiger partial charge in [-0.05, 0) is 25.7 Å². The molecule has 0 aromatic rings. The molecule has 8 atom stereocenters. The Bertz CT molecular complexity index is 958. The number of nitrogens with one attached hydrogen (secondary N) is 3. The Morgan fingerprint density at radius 1 is 0.804 bits per heavy atom. The van der Waals surface area contributed by atoms with Gasteiger partial charge in [0.2, 0.25) is 17.7 Å². The Balaban J connectivity index is 3.19. The molecule has 266 valence electrons. The molecule has 1 aliphatic heterocycles. The molecule has 0 aromatic heterocycles. The van der Waals surface area contributed by atoms with E-state index in [0.29, 0.717) is 12.8 Å². The molecule has 12 heteroatoms. The molecule has 3 amide bonds. The number of cyclic esters (lactones) is 1. The van der Waals surface area contributed by atoms with Crippen molar-refractivity contribution in [3.8, 4) is 0 Å². The smallest absolute Gasteiger partial charge is 0.332 e. The van der Waals surface area contributed by atoms with Gasteiger partial charge >= 0.3 is 11.9 Å². The van der Waals surface area contributed by atoms with Crippen molar-refractivity contribution in [1.82, 2.24) is 16.0 Å². The summed E-state index contributed by atoms with van der Waals surface area (Å²) in [7, 11) is 0. The third kappa shape index (κ3) is 14.8. The lowest BCUT2D eigenvalue weighted by molar-refractivity contribution is -0.162. The molecule has 1 rings (SSSR count). The monoisotopic (exact) mass is 655 g/mol. The molecule has 5 N–H and O–H groups in total. The molecular formula is C34H61N3O9. The maximum Gasteiger partial charge on any atom is 0.332 e. The highest BCUT2D eigenvalue weighted by Gasteiger charge is 2.39. The van der Waals surface area contributed by atoms with Crippen molar-refractivity contribution in [1.29, 1.82) is 0 Å². The molecule has 0 radical (unpaired) electrons. The lowest BCUT2D eigenvalue weighted by Gasteiger charge is -2.32. The fourth-order valence-electron chi connectivity index (χ4n) is 5.60. The van der Waals surface area contributed by atoms with Gasteiger partial charge in [-0.2, -0.15) is 0 Å². The third-order valence-corrected chi connectivity index (χ3v) is 8.77. The van der Waals surface area contributed by atoms with Crippen molar-refractivity contribution in [3.05, 3.63) is 0 Å². The highest BCUT2D eigenvalue weighted by molar-refractivity contribution is 5.94. The molecule has 12 nitrogen and oxygen atoms in total. The number of ether oxygens (including phenoxy) is 2. The molecular weight excluding hydrogens is 594 g/mol. The summed E-state index contributed by atoms with van der Waals surface area (Å²) in [6.45, 7) is 10.8. The Morgan fingerprint density at radius 3 is 1.80 bits per heavy atom. The molecule has 0 spiro atoms. The molecule has 1 saturated heterocycles. The number of carbonyl (C=O) groups excluding carboxylic acids is 5. The summed E-state index contributed by atoms with van der Waals surface area (Å²) in [5.74, 6) is -5.81. The van der Waals surface area contributed by atoms with E-state index in [2.05, 4.69) is 22.9 Å². The molecule has 0 bridgehead atoms. The van der Waals surface area contributed by atoms with Crippen LogP contribution in [-0.4, -0.2) is 82.9 Å². The average Bonchev–Trinajstić information content (AvgIpc) is 3.00. The topological polar surface area (TPSA) is 180 Å². The Labute approximate surface area is 275 Å². The number of hydrogen-bond donors (Lipinski definition) is 5. The fourth-order valence-corrected chi connectivity index (χ4v) is 5.60. The van der Waals surface area contributed by atoms with E-state index in [0.717, 1.165) is 26.2 Å². The first-order chi connectivity index (χ1) is 21.7. The predicted molar refractivity (Wildman–Crippen MR) is 174 cm³/mol. The highest BCUT2D eigenvalue weighted by atomic mass is 16.6. The summed E-state index contributed by atoms with van der Waals surface area (Å²) in [5.41, 5.74) is 0. The van der Waals surface area contributed by atoms with Crippen LogP contribution in [0.15, 0.2) is 0 Å². The molecule has 0 unspecified atom stereocenters. The number of esters is 2. The number of carbonyl (C=O) groups is 5. The molecule has 0 aliphatic carbocycles. The van der Waals surface area contributed by atoms with Gasteiger partial charge in [-0.15, -0.1) is 0 Å². The normalized spacial score (nSPS) is 27.5. The number of aliphatic hydroxyl groups is 2. The standard InChI is InChI=1S/C34H61N3O9/c1-8-9-10-11-12-13-14-15-16-17-18-19-27-22(4)30(40)23(5)31(41)36-28(21(2)3)32(42)37-29(24(6)38)33(43)35-26(34(44)46-27)20-45-25(7)39/h21-24,26-30,38,40H,8-20H2,1-7H3,(H,35,43)(H,36,41)(H,37,42)/t22-,23+,24+,26-,27+,28-,29-,30+/m0/s1. The van der Waals surface area contributed by atoms with Gasteiger partial charge in [0.1, 0.15) is 24.8 Å². The maximum absolute atomic E-state index is 13.5. The Kier molecular flexibility index (Phi) is 19.7. The van der Waals surface area contributed by atoms with Gasteiger partial charge < -0.3 is 35.6 Å². The van der Waals surface area contributed by atoms with Crippen molar-refractivity contribution in [2.75, 3.05) is 6.61 Å². The molecule has 1 heterocycles. The number of hydrogen-bond acceptors (Lipinski definition) is 9. The SMILES string of the molecule is CCCCCCCCCCCCC[C@H]1OC(=O)[C@H](COC(C)=O)NC(=O)[C@H]([C@@H](C)O)NC(=O)[C@H](C(C)C)NC(=O)[C@H](C)[C@H](O)[C@H]1C. The second kappa shape index (κ2) is 22.0. The minimum Gasteiger partial charge on any atom is -0.463 e. The number of aliphatic hydroxyl groups excluding tert-OH is 2. The van der Waals surface area contributed by atoms with Crippen LogP contribution in [0.1, 0.15) is 126 Å². The molecule has 46 heavy (non-hydrogen) atoms. The first-order valence-electron chi connectivity index (χ1n) is 17.3. The van der Waals surface area contributed by atoms with Crippen molar-refractivity contribution in [3.63, 3.8) is 0 Å². The lowest BCUT2D eigenvalue weighted by atomic mass is 9.86. The minimum atomic E-state index is -1.49. The van der Waals surface area contributed by atoms with Crippen LogP contribution in [0, 0.1) is 17.8 Å². The van der Waals surface area contributed by atoms with Gasteiger partial charge in [0.15, 0.2) is 6.04 Å². The van der Waals surface area contributed by atoms with E-state index in [1.165, 1.54) is 58.8 Å². The van der Waals surface area contributed by atoms with Gasteiger partial charge in [0.05, 0.1) is 18.1 Å². The Hall–Kier alpha value is -2.73. The van der Waals surface area contributed by atoms with E-state index in [4.69, 9.17) is 9.47 Å². The molecule has 1 fully saturated rings. The number of amides is 3. The summed E-state index contributed by atoms with van der Waals surface area (Å²) >= 11 is 0. The van der Waals surface area contributed by atoms with Crippen LogP contribution >= 0.6 is 0 Å². The van der Waals surface area contributed by atoms with Gasteiger partial charge in [-0.1, -0.05) is 98.8 Å². The quantitative estimate of drug-likeness (QED) is 0.123. The van der Waals surface area contributed by atoms with Crippen LogP contribution in [-0.2, 0) is 33.4 Å². The zero-order chi connectivity index (χ0) is 34.8. The summed E-state index contributed by atoms with van der Waals surface area (Å²) < 4.78 is 10.9. The molecule has 0 saturated carbocycles. The van der Waals surface area contributed by atoms with Crippen molar-refractivity contribution in [2.24, 2.45) is 17.8 Å². The third-order valence-electron chi connectivity index (χ3n) is 8.77. The van der Waals surface area contributed by atoms with Crippen LogP contribution in [0.5, 0.6) is 0 Å². The summed E-state index contributed by atoms with van der Waals surface area (Å²) in [5, 5.41) is 29.2. The Morgan fingerprint density at radius 2 is 1.30 bits per heavy atom. The van der Waals surface area contributed by atoms with Gasteiger partial charge in [-0.25, -0.2) is 4.79 Å². The zero-order valence-corrected chi connectivity index (χ0v) is 29.1. The van der Waals surface area contributed by atoms with E-state index < -0.39 is 90.5 Å². The first-order valence-corrected chi connectivity index (χ1v) is 17.3. The largest absolute Gasteiger partial charge is 0.463 e. The van der Waals surface area contributed by atoms with Crippen LogP contribution in [0.25, 0.3) is 0 Å². The van der Waals surface area contributed by atoms with Crippen LogP contribution in [0.3, 0.4) is 0 Å². The van der Waals surface area contributed by atoms with Crippen LogP contribution < -0.4 is 16.0 Å². The number of unbranched alkanes of at least 4 members (excludes halogenated alkanes) is 10. The van der Waals surface area contributed by atoms with E-state index in [1.807, 2.05) is 0 Å². The average molecular weight is 656 g/mol. The zero-order valence-electron chi connectivity index (χ0n) is 29.1. The molecule has 1 aliphatic rings. The van der Waals surface area contributed by atoms with Gasteiger partial charge in [0, 0.05) is 12.8 Å².